The van der Waals surface area contributed by atoms with Gasteiger partial charge in [0.1, 0.15) is 0 Å². The molecule has 5 rings (SSSR count). The Morgan fingerprint density at radius 2 is 1.84 bits per heavy atom. The zero-order chi connectivity index (χ0) is 12.8. The first-order valence-electron chi connectivity index (χ1n) is 7.99. The molecule has 4 bridgehead atoms. The summed E-state index contributed by atoms with van der Waals surface area (Å²) < 4.78 is 0. The van der Waals surface area contributed by atoms with Gasteiger partial charge in [-0.05, 0) is 81.2 Å². The number of hydrogen-bond donors (Lipinski definition) is 2. The number of nitrogens with one attached hydrogen (secondary N) is 2. The van der Waals surface area contributed by atoms with Crippen LogP contribution in [0.4, 0.5) is 0 Å². The Morgan fingerprint density at radius 1 is 1.16 bits per heavy atom. The second-order valence-electron chi connectivity index (χ2n) is 7.27. The smallest absolute Gasteiger partial charge is 0.0762 e. The van der Waals surface area contributed by atoms with Crippen molar-refractivity contribution in [1.82, 2.24) is 15.5 Å². The monoisotopic (exact) mass is 259 g/mol. The summed E-state index contributed by atoms with van der Waals surface area (Å²) in [6, 6.07) is 2.14. The van der Waals surface area contributed by atoms with Gasteiger partial charge in [-0.25, -0.2) is 0 Å². The van der Waals surface area contributed by atoms with E-state index in [1.807, 2.05) is 0 Å². The lowest BCUT2D eigenvalue weighted by molar-refractivity contribution is -0.0355. The molecule has 3 heteroatoms. The first-order valence-corrected chi connectivity index (χ1v) is 7.99. The Morgan fingerprint density at radius 3 is 2.42 bits per heavy atom. The van der Waals surface area contributed by atoms with Crippen LogP contribution in [0.3, 0.4) is 0 Å². The molecule has 1 aromatic rings. The molecule has 104 valence electrons. The van der Waals surface area contributed by atoms with E-state index in [1.165, 1.54) is 32.2 Å². The summed E-state index contributed by atoms with van der Waals surface area (Å²) in [5, 5.41) is 11.0. The quantitative estimate of drug-likeness (QED) is 0.873. The van der Waals surface area contributed by atoms with Crippen molar-refractivity contribution in [2.24, 2.45) is 29.6 Å². The number of H-pyrrole nitrogens is 1. The van der Waals surface area contributed by atoms with Gasteiger partial charge in [0.05, 0.1) is 5.69 Å². The van der Waals surface area contributed by atoms with Crippen molar-refractivity contribution in [3.05, 3.63) is 17.5 Å². The molecular formula is C16H25N3. The summed E-state index contributed by atoms with van der Waals surface area (Å²) in [7, 11) is 0. The largest absolute Gasteiger partial charge is 0.311 e. The number of aromatic amines is 1. The molecule has 0 radical (unpaired) electrons. The fourth-order valence-corrected chi connectivity index (χ4v) is 5.30. The van der Waals surface area contributed by atoms with Crippen LogP contribution in [-0.4, -0.2) is 16.7 Å². The topological polar surface area (TPSA) is 40.7 Å². The van der Waals surface area contributed by atoms with Crippen molar-refractivity contribution >= 4 is 0 Å². The Labute approximate surface area is 115 Å². The highest BCUT2D eigenvalue weighted by atomic mass is 15.1. The van der Waals surface area contributed by atoms with Gasteiger partial charge in [-0.15, -0.1) is 0 Å². The van der Waals surface area contributed by atoms with E-state index >= 15 is 0 Å². The van der Waals surface area contributed by atoms with Gasteiger partial charge in [0.25, 0.3) is 0 Å². The van der Waals surface area contributed by atoms with Crippen LogP contribution in [0.5, 0.6) is 0 Å². The van der Waals surface area contributed by atoms with Gasteiger partial charge in [0, 0.05) is 12.2 Å². The standard InChI is InChI=1S/C16H25N3/c1-10-2-15(19-18-10)8-17-9-16-13-4-11-3-12(6-13)7-14(16)5-11/h2,11-14,16-17H,3-9H2,1H3,(H,18,19). The maximum atomic E-state index is 4.30. The first kappa shape index (κ1) is 12.0. The van der Waals surface area contributed by atoms with Gasteiger partial charge in [0.2, 0.25) is 0 Å². The predicted molar refractivity (Wildman–Crippen MR) is 75.6 cm³/mol. The molecule has 3 nitrogen and oxygen atoms in total. The van der Waals surface area contributed by atoms with Crippen LogP contribution in [0, 0.1) is 36.5 Å². The molecule has 4 aliphatic carbocycles. The number of aromatic nitrogens is 2. The lowest BCUT2D eigenvalue weighted by atomic mass is 9.52. The molecule has 0 spiro atoms. The second kappa shape index (κ2) is 4.62. The van der Waals surface area contributed by atoms with Crippen LogP contribution in [-0.2, 0) is 6.54 Å². The molecule has 4 aliphatic rings. The van der Waals surface area contributed by atoms with Gasteiger partial charge in [0.15, 0.2) is 0 Å². The first-order chi connectivity index (χ1) is 9.28. The predicted octanol–water partition coefficient (Wildman–Crippen LogP) is 2.88. The molecule has 0 aliphatic heterocycles. The van der Waals surface area contributed by atoms with Gasteiger partial charge < -0.3 is 5.32 Å². The van der Waals surface area contributed by atoms with E-state index in [1.54, 1.807) is 6.42 Å². The van der Waals surface area contributed by atoms with Gasteiger partial charge in [-0.3, -0.25) is 5.10 Å². The van der Waals surface area contributed by atoms with Crippen molar-refractivity contribution in [3.8, 4) is 0 Å². The van der Waals surface area contributed by atoms with E-state index in [0.717, 1.165) is 47.5 Å². The normalized spacial score (nSPS) is 39.9. The van der Waals surface area contributed by atoms with Crippen LogP contribution in [0.15, 0.2) is 6.07 Å². The summed E-state index contributed by atoms with van der Waals surface area (Å²) >= 11 is 0. The highest BCUT2D eigenvalue weighted by Crippen LogP contribution is 2.56. The Kier molecular flexibility index (Phi) is 2.91. The maximum Gasteiger partial charge on any atom is 0.0762 e. The fourth-order valence-electron chi connectivity index (χ4n) is 5.30. The Bertz CT molecular complexity index is 423. The van der Waals surface area contributed by atoms with Gasteiger partial charge >= 0.3 is 0 Å². The molecule has 0 aromatic carbocycles. The van der Waals surface area contributed by atoms with Crippen molar-refractivity contribution in [2.45, 2.75) is 45.6 Å². The minimum absolute atomic E-state index is 0.924. The molecule has 4 saturated carbocycles. The lowest BCUT2D eigenvalue weighted by Crippen LogP contribution is -2.48. The third-order valence-electron chi connectivity index (χ3n) is 5.87. The summed E-state index contributed by atoms with van der Waals surface area (Å²) in [5.74, 6) is 5.20. The molecule has 0 amide bonds. The molecular weight excluding hydrogens is 234 g/mol. The van der Waals surface area contributed by atoms with Crippen molar-refractivity contribution < 1.29 is 0 Å². The summed E-state index contributed by atoms with van der Waals surface area (Å²) in [6.45, 7) is 4.20. The van der Waals surface area contributed by atoms with Crippen molar-refractivity contribution in [2.75, 3.05) is 6.54 Å². The van der Waals surface area contributed by atoms with E-state index in [0.29, 0.717) is 0 Å². The zero-order valence-electron chi connectivity index (χ0n) is 11.9. The van der Waals surface area contributed by atoms with E-state index in [-0.39, 0.29) is 0 Å². The molecule has 19 heavy (non-hydrogen) atoms. The summed E-state index contributed by atoms with van der Waals surface area (Å²) in [5.41, 5.74) is 2.31. The highest BCUT2D eigenvalue weighted by Gasteiger charge is 2.47. The molecule has 0 atom stereocenters. The van der Waals surface area contributed by atoms with Gasteiger partial charge in [-0.1, -0.05) is 0 Å². The molecule has 1 heterocycles. The lowest BCUT2D eigenvalue weighted by Gasteiger charge is -2.54. The zero-order valence-corrected chi connectivity index (χ0v) is 11.9. The van der Waals surface area contributed by atoms with Crippen LogP contribution < -0.4 is 5.32 Å². The van der Waals surface area contributed by atoms with Crippen LogP contribution in [0.2, 0.25) is 0 Å². The van der Waals surface area contributed by atoms with Crippen molar-refractivity contribution in [3.63, 3.8) is 0 Å². The van der Waals surface area contributed by atoms with Crippen LogP contribution in [0.1, 0.15) is 43.5 Å². The minimum Gasteiger partial charge on any atom is -0.311 e. The minimum atomic E-state index is 0.924. The van der Waals surface area contributed by atoms with Crippen LogP contribution >= 0.6 is 0 Å². The summed E-state index contributed by atoms with van der Waals surface area (Å²) in [6.07, 6.45) is 7.67. The fraction of sp³-hybridized carbons (Fsp3) is 0.812. The van der Waals surface area contributed by atoms with E-state index in [9.17, 15) is 0 Å². The van der Waals surface area contributed by atoms with Crippen molar-refractivity contribution in [1.29, 1.82) is 0 Å². The maximum absolute atomic E-state index is 4.30. The third-order valence-corrected chi connectivity index (χ3v) is 5.87. The highest BCUT2D eigenvalue weighted by molar-refractivity contribution is 5.06. The van der Waals surface area contributed by atoms with Gasteiger partial charge in [-0.2, -0.15) is 5.10 Å². The average molecular weight is 259 g/mol. The molecule has 1 aromatic heterocycles. The number of nitrogens with zero attached hydrogens (tertiary/aromatic N) is 1. The SMILES string of the molecule is Cc1cc(CNCC2C3CC4CC(C3)CC2C4)n[nH]1. The number of aryl methyl sites for hydroxylation is 1. The molecule has 2 N–H and O–H groups in total. The van der Waals surface area contributed by atoms with E-state index in [2.05, 4.69) is 28.5 Å². The molecule has 0 saturated heterocycles. The van der Waals surface area contributed by atoms with E-state index in [4.69, 9.17) is 0 Å². The molecule has 0 unspecified atom stereocenters. The second-order valence-corrected chi connectivity index (χ2v) is 7.27. The van der Waals surface area contributed by atoms with Crippen LogP contribution in [0.25, 0.3) is 0 Å². The third kappa shape index (κ3) is 2.22. The number of hydrogen-bond acceptors (Lipinski definition) is 2. The Balaban J connectivity index is 1.33. The summed E-state index contributed by atoms with van der Waals surface area (Å²) in [4.78, 5) is 0. The van der Waals surface area contributed by atoms with E-state index < -0.39 is 0 Å². The number of rotatable bonds is 4. The molecule has 4 fully saturated rings. The average Bonchev–Trinajstić information content (AvgIpc) is 2.78. The Hall–Kier alpha value is -0.830.